The number of fused-ring (bicyclic) bond motifs is 2. The van der Waals surface area contributed by atoms with Crippen molar-refractivity contribution < 1.29 is 18.4 Å². The van der Waals surface area contributed by atoms with Gasteiger partial charge in [-0.3, -0.25) is 0 Å². The van der Waals surface area contributed by atoms with Crippen molar-refractivity contribution in [3.8, 4) is 0 Å². The molecule has 0 saturated carbocycles. The van der Waals surface area contributed by atoms with Gasteiger partial charge in [0, 0.05) is 17.7 Å². The van der Waals surface area contributed by atoms with E-state index in [4.69, 9.17) is 9.15 Å². The van der Waals surface area contributed by atoms with Gasteiger partial charge in [-0.05, 0) is 37.8 Å². The highest BCUT2D eigenvalue weighted by Gasteiger charge is 2.43. The molecule has 0 unspecified atom stereocenters. The fourth-order valence-corrected chi connectivity index (χ4v) is 4.89. The van der Waals surface area contributed by atoms with Crippen molar-refractivity contribution in [2.75, 3.05) is 26.7 Å². The van der Waals surface area contributed by atoms with E-state index < -0.39 is 11.6 Å². The van der Waals surface area contributed by atoms with Crippen LogP contribution in [0.15, 0.2) is 39.5 Å². The number of hydrogen-bond donors (Lipinski definition) is 0. The van der Waals surface area contributed by atoms with Gasteiger partial charge in [0.2, 0.25) is 0 Å². The standard InChI is InChI=1S/C21H26NO4/c1-22-11-5-4-9-18(22)16(8-6-12-22)14-25-20(23)17-13-15-7-2-3-10-19(15)26-21(17)24/h2-3,7,10,13,16,18H,4-6,8-9,11-12,14H2,1H3/q+1/t16-,18+,22-/m1/s1. The molecule has 0 aliphatic carbocycles. The summed E-state index contributed by atoms with van der Waals surface area (Å²) >= 11 is 0. The predicted molar refractivity (Wildman–Crippen MR) is 99.0 cm³/mol. The summed E-state index contributed by atoms with van der Waals surface area (Å²) in [6, 6.07) is 9.33. The fraction of sp³-hybridized carbons (Fsp3) is 0.524. The number of piperidine rings is 2. The van der Waals surface area contributed by atoms with Crippen LogP contribution in [0.2, 0.25) is 0 Å². The Labute approximate surface area is 153 Å². The second-order valence-corrected chi connectivity index (χ2v) is 7.98. The van der Waals surface area contributed by atoms with Gasteiger partial charge in [-0.2, -0.15) is 0 Å². The van der Waals surface area contributed by atoms with Crippen molar-refractivity contribution >= 4 is 16.9 Å². The summed E-state index contributed by atoms with van der Waals surface area (Å²) in [6.45, 7) is 2.84. The first-order chi connectivity index (χ1) is 12.6. The third-order valence-electron chi connectivity index (χ3n) is 6.30. The Kier molecular flexibility index (Phi) is 4.57. The van der Waals surface area contributed by atoms with E-state index in [1.165, 1.54) is 38.8 Å². The van der Waals surface area contributed by atoms with Crippen molar-refractivity contribution in [2.45, 2.75) is 38.1 Å². The molecular formula is C21H26NO4+. The van der Waals surface area contributed by atoms with Gasteiger partial charge in [-0.25, -0.2) is 9.59 Å². The topological polar surface area (TPSA) is 56.5 Å². The molecule has 26 heavy (non-hydrogen) atoms. The van der Waals surface area contributed by atoms with E-state index in [1.54, 1.807) is 18.2 Å². The third-order valence-corrected chi connectivity index (χ3v) is 6.30. The first-order valence-corrected chi connectivity index (χ1v) is 9.61. The van der Waals surface area contributed by atoms with Gasteiger partial charge >= 0.3 is 11.6 Å². The van der Waals surface area contributed by atoms with E-state index in [2.05, 4.69) is 7.05 Å². The minimum absolute atomic E-state index is 0.0135. The number of benzene rings is 1. The lowest BCUT2D eigenvalue weighted by Gasteiger charge is -2.51. The van der Waals surface area contributed by atoms with Gasteiger partial charge < -0.3 is 13.6 Å². The van der Waals surface area contributed by atoms with E-state index in [-0.39, 0.29) is 5.56 Å². The van der Waals surface area contributed by atoms with Crippen LogP contribution in [0.4, 0.5) is 0 Å². The van der Waals surface area contributed by atoms with Gasteiger partial charge in [0.1, 0.15) is 17.8 Å². The number of ether oxygens (including phenoxy) is 1. The molecule has 5 nitrogen and oxygen atoms in total. The molecule has 2 aromatic rings. The van der Waals surface area contributed by atoms with Crippen molar-refractivity contribution in [3.05, 3.63) is 46.3 Å². The molecule has 4 rings (SSSR count). The molecular weight excluding hydrogens is 330 g/mol. The van der Waals surface area contributed by atoms with Crippen LogP contribution in [-0.4, -0.2) is 43.2 Å². The summed E-state index contributed by atoms with van der Waals surface area (Å²) in [7, 11) is 2.34. The van der Waals surface area contributed by atoms with Gasteiger partial charge in [-0.15, -0.1) is 0 Å². The Bertz CT molecular complexity index is 870. The van der Waals surface area contributed by atoms with E-state index in [9.17, 15) is 9.59 Å². The highest BCUT2D eigenvalue weighted by Crippen LogP contribution is 2.36. The number of carbonyl (C=O) groups is 1. The van der Waals surface area contributed by atoms with Crippen LogP contribution >= 0.6 is 0 Å². The molecule has 1 aromatic carbocycles. The summed E-state index contributed by atoms with van der Waals surface area (Å²) < 4.78 is 11.9. The van der Waals surface area contributed by atoms with Gasteiger partial charge in [-0.1, -0.05) is 18.2 Å². The average Bonchev–Trinajstić information content (AvgIpc) is 2.64. The molecule has 2 aliphatic heterocycles. The molecule has 3 heterocycles. The summed E-state index contributed by atoms with van der Waals surface area (Å²) in [5.74, 6) is -0.189. The fourth-order valence-electron chi connectivity index (χ4n) is 4.89. The van der Waals surface area contributed by atoms with Crippen LogP contribution in [0.1, 0.15) is 42.5 Å². The maximum atomic E-state index is 12.5. The zero-order valence-corrected chi connectivity index (χ0v) is 15.3. The first-order valence-electron chi connectivity index (χ1n) is 9.61. The Morgan fingerprint density at radius 3 is 2.88 bits per heavy atom. The lowest BCUT2D eigenvalue weighted by molar-refractivity contribution is -0.947. The molecule has 2 aliphatic rings. The Morgan fingerprint density at radius 2 is 2.00 bits per heavy atom. The third kappa shape index (κ3) is 3.16. The van der Waals surface area contributed by atoms with Gasteiger partial charge in [0.25, 0.3) is 0 Å². The highest BCUT2D eigenvalue weighted by atomic mass is 16.5. The number of carbonyl (C=O) groups excluding carboxylic acids is 1. The minimum atomic E-state index is -0.629. The van der Waals surface area contributed by atoms with Crippen LogP contribution in [0.3, 0.4) is 0 Å². The van der Waals surface area contributed by atoms with Crippen molar-refractivity contribution in [3.63, 3.8) is 0 Å². The van der Waals surface area contributed by atoms with E-state index in [0.29, 0.717) is 24.1 Å². The molecule has 0 radical (unpaired) electrons. The monoisotopic (exact) mass is 356 g/mol. The zero-order chi connectivity index (χ0) is 18.1. The molecule has 0 spiro atoms. The smallest absolute Gasteiger partial charge is 0.351 e. The molecule has 138 valence electrons. The Balaban J connectivity index is 1.48. The molecule has 0 bridgehead atoms. The minimum Gasteiger partial charge on any atom is -0.461 e. The zero-order valence-electron chi connectivity index (χ0n) is 15.3. The molecule has 1 aromatic heterocycles. The lowest BCUT2D eigenvalue weighted by atomic mass is 9.82. The van der Waals surface area contributed by atoms with Crippen LogP contribution in [0, 0.1) is 5.92 Å². The van der Waals surface area contributed by atoms with Crippen molar-refractivity contribution in [2.24, 2.45) is 5.92 Å². The number of para-hydroxylation sites is 1. The molecule has 2 saturated heterocycles. The van der Waals surface area contributed by atoms with Crippen LogP contribution < -0.4 is 5.63 Å². The number of quaternary nitrogens is 1. The number of nitrogens with zero attached hydrogens (tertiary/aromatic N) is 1. The number of esters is 1. The normalized spacial score (nSPS) is 28.5. The van der Waals surface area contributed by atoms with Gasteiger partial charge in [0.05, 0.1) is 26.2 Å². The van der Waals surface area contributed by atoms with E-state index >= 15 is 0 Å². The Morgan fingerprint density at radius 1 is 1.19 bits per heavy atom. The predicted octanol–water partition coefficient (Wildman–Crippen LogP) is 3.36. The second-order valence-electron chi connectivity index (χ2n) is 7.98. The number of hydrogen-bond acceptors (Lipinski definition) is 4. The molecule has 5 heteroatoms. The van der Waals surface area contributed by atoms with Gasteiger partial charge in [0.15, 0.2) is 0 Å². The summed E-state index contributed by atoms with van der Waals surface area (Å²) in [6.07, 6.45) is 6.02. The average molecular weight is 356 g/mol. The lowest BCUT2D eigenvalue weighted by Crippen LogP contribution is -2.61. The molecule has 0 N–H and O–H groups in total. The maximum Gasteiger partial charge on any atom is 0.351 e. The summed E-state index contributed by atoms with van der Waals surface area (Å²) in [5.41, 5.74) is -0.160. The maximum absolute atomic E-state index is 12.5. The SMILES string of the molecule is C[N@+]12CCCC[C@H]1[C@@H](COC(=O)c1cc3ccccc3oc1=O)CCC2. The van der Waals surface area contributed by atoms with Crippen LogP contribution in [0.5, 0.6) is 0 Å². The summed E-state index contributed by atoms with van der Waals surface area (Å²) in [5, 5.41) is 0.730. The largest absolute Gasteiger partial charge is 0.461 e. The first kappa shape index (κ1) is 17.3. The van der Waals surface area contributed by atoms with E-state index in [1.807, 2.05) is 12.1 Å². The molecule has 3 atom stereocenters. The molecule has 2 fully saturated rings. The highest BCUT2D eigenvalue weighted by molar-refractivity contribution is 5.92. The number of rotatable bonds is 3. The van der Waals surface area contributed by atoms with Crippen LogP contribution in [-0.2, 0) is 4.74 Å². The Hall–Kier alpha value is -2.14. The van der Waals surface area contributed by atoms with Crippen molar-refractivity contribution in [1.29, 1.82) is 0 Å². The quantitative estimate of drug-likeness (QED) is 0.481. The summed E-state index contributed by atoms with van der Waals surface area (Å²) in [4.78, 5) is 24.6. The van der Waals surface area contributed by atoms with Crippen LogP contribution in [0.25, 0.3) is 11.0 Å². The van der Waals surface area contributed by atoms with E-state index in [0.717, 1.165) is 16.3 Å². The second kappa shape index (κ2) is 6.88. The molecule has 0 amide bonds. The van der Waals surface area contributed by atoms with Crippen molar-refractivity contribution in [1.82, 2.24) is 0 Å².